The quantitative estimate of drug-likeness (QED) is 0.745. The number of carboxylic acids is 1. The Bertz CT molecular complexity index is 499. The van der Waals surface area contributed by atoms with Crippen LogP contribution in [0.3, 0.4) is 0 Å². The van der Waals surface area contributed by atoms with E-state index in [2.05, 4.69) is 0 Å². The minimum absolute atomic E-state index is 0.120. The lowest BCUT2D eigenvalue weighted by Crippen LogP contribution is -2.38. The van der Waals surface area contributed by atoms with Gasteiger partial charge in [-0.1, -0.05) is 0 Å². The zero-order valence-corrected chi connectivity index (χ0v) is 12.8. The molecule has 1 N–H and O–H groups in total. The maximum atomic E-state index is 12.2. The molecule has 0 atom stereocenters. The van der Waals surface area contributed by atoms with E-state index in [0.29, 0.717) is 12.5 Å². The van der Waals surface area contributed by atoms with Crippen LogP contribution in [0.25, 0.3) is 0 Å². The van der Waals surface area contributed by atoms with Crippen LogP contribution in [0.2, 0.25) is 0 Å². The van der Waals surface area contributed by atoms with Gasteiger partial charge < -0.3 is 14.7 Å². The summed E-state index contributed by atoms with van der Waals surface area (Å²) in [5.74, 6) is 0.432. The van der Waals surface area contributed by atoms with E-state index in [0.717, 1.165) is 23.5 Å². The monoisotopic (exact) mass is 309 g/mol. The third-order valence-corrected chi connectivity index (χ3v) is 4.27. The molecule has 0 saturated heterocycles. The van der Waals surface area contributed by atoms with Crippen LogP contribution in [0, 0.1) is 5.92 Å². The number of carboxylic acid groups (broad SMARTS) is 1. The standard InChI is InChI=1S/C15H19NO4S/c1-20-12-4-6-13(7-5-12)21-10-14(17)16(9-15(18)19)8-11-2-3-11/h4-7,11H,2-3,8-10H2,1H3,(H,18,19). The van der Waals surface area contributed by atoms with Crippen LogP contribution in [0.4, 0.5) is 0 Å². The number of ether oxygens (including phenoxy) is 1. The predicted octanol–water partition coefficient (Wildman–Crippen LogP) is 2.11. The Morgan fingerprint density at radius 2 is 2.00 bits per heavy atom. The number of methoxy groups -OCH3 is 1. The van der Waals surface area contributed by atoms with Gasteiger partial charge in [-0.3, -0.25) is 9.59 Å². The molecule has 21 heavy (non-hydrogen) atoms. The largest absolute Gasteiger partial charge is 0.497 e. The fourth-order valence-electron chi connectivity index (χ4n) is 1.94. The van der Waals surface area contributed by atoms with E-state index in [4.69, 9.17) is 9.84 Å². The maximum absolute atomic E-state index is 12.2. The molecule has 0 unspecified atom stereocenters. The van der Waals surface area contributed by atoms with Gasteiger partial charge in [-0.2, -0.15) is 0 Å². The van der Waals surface area contributed by atoms with Crippen molar-refractivity contribution in [3.8, 4) is 5.75 Å². The van der Waals surface area contributed by atoms with E-state index in [9.17, 15) is 9.59 Å². The van der Waals surface area contributed by atoms with Gasteiger partial charge in [0, 0.05) is 11.4 Å². The number of amides is 1. The van der Waals surface area contributed by atoms with Gasteiger partial charge in [-0.05, 0) is 43.0 Å². The number of thioether (sulfide) groups is 1. The Hall–Kier alpha value is -1.69. The predicted molar refractivity (Wildman–Crippen MR) is 80.7 cm³/mol. The average molecular weight is 309 g/mol. The first-order chi connectivity index (χ1) is 10.1. The summed E-state index contributed by atoms with van der Waals surface area (Å²) in [5.41, 5.74) is 0. The average Bonchev–Trinajstić information content (AvgIpc) is 3.28. The van der Waals surface area contributed by atoms with Crippen molar-refractivity contribution in [2.75, 3.05) is 26.0 Å². The van der Waals surface area contributed by atoms with Crippen LogP contribution in [0.1, 0.15) is 12.8 Å². The molecule has 1 amide bonds. The number of carbonyl (C=O) groups excluding carboxylic acids is 1. The number of nitrogens with zero attached hydrogens (tertiary/aromatic N) is 1. The molecule has 0 spiro atoms. The second kappa shape index (κ2) is 7.36. The molecule has 0 heterocycles. The summed E-state index contributed by atoms with van der Waals surface area (Å²) in [4.78, 5) is 25.4. The van der Waals surface area contributed by atoms with Crippen molar-refractivity contribution in [1.29, 1.82) is 0 Å². The number of benzene rings is 1. The molecule has 5 nitrogen and oxygen atoms in total. The molecule has 0 aromatic heterocycles. The van der Waals surface area contributed by atoms with E-state index in [-0.39, 0.29) is 18.2 Å². The topological polar surface area (TPSA) is 66.8 Å². The number of aliphatic carboxylic acids is 1. The highest BCUT2D eigenvalue weighted by Crippen LogP contribution is 2.30. The van der Waals surface area contributed by atoms with Crippen molar-refractivity contribution in [2.45, 2.75) is 17.7 Å². The fraction of sp³-hybridized carbons (Fsp3) is 0.467. The third kappa shape index (κ3) is 5.30. The lowest BCUT2D eigenvalue weighted by molar-refractivity contribution is -0.143. The summed E-state index contributed by atoms with van der Waals surface area (Å²) in [6, 6.07) is 7.45. The van der Waals surface area contributed by atoms with Crippen molar-refractivity contribution in [3.05, 3.63) is 24.3 Å². The normalized spacial score (nSPS) is 13.8. The Kier molecular flexibility index (Phi) is 5.50. The van der Waals surface area contributed by atoms with Crippen LogP contribution in [-0.4, -0.2) is 47.8 Å². The zero-order valence-electron chi connectivity index (χ0n) is 11.9. The first kappa shape index (κ1) is 15.7. The van der Waals surface area contributed by atoms with Crippen LogP contribution in [0.5, 0.6) is 5.75 Å². The van der Waals surface area contributed by atoms with E-state index in [1.165, 1.54) is 16.7 Å². The molecule has 1 aliphatic carbocycles. The van der Waals surface area contributed by atoms with Crippen molar-refractivity contribution in [1.82, 2.24) is 4.90 Å². The molecule has 0 bridgehead atoms. The molecule has 1 aromatic carbocycles. The second-order valence-electron chi connectivity index (χ2n) is 5.08. The minimum atomic E-state index is -0.960. The third-order valence-electron chi connectivity index (χ3n) is 3.28. The van der Waals surface area contributed by atoms with Gasteiger partial charge in [0.25, 0.3) is 0 Å². The molecule has 114 valence electrons. The molecule has 1 aliphatic rings. The maximum Gasteiger partial charge on any atom is 0.323 e. The summed E-state index contributed by atoms with van der Waals surface area (Å²) >= 11 is 1.41. The Morgan fingerprint density at radius 1 is 1.33 bits per heavy atom. The summed E-state index contributed by atoms with van der Waals surface area (Å²) in [6.07, 6.45) is 2.18. The highest BCUT2D eigenvalue weighted by atomic mass is 32.2. The molecule has 2 rings (SSSR count). The highest BCUT2D eigenvalue weighted by Gasteiger charge is 2.27. The lowest BCUT2D eigenvalue weighted by atomic mass is 10.3. The number of hydrogen-bond donors (Lipinski definition) is 1. The fourth-order valence-corrected chi connectivity index (χ4v) is 2.74. The molecule has 0 aliphatic heterocycles. The van der Waals surface area contributed by atoms with Crippen molar-refractivity contribution in [2.24, 2.45) is 5.92 Å². The Balaban J connectivity index is 1.86. The second-order valence-corrected chi connectivity index (χ2v) is 6.12. The zero-order chi connectivity index (χ0) is 15.2. The van der Waals surface area contributed by atoms with Crippen molar-refractivity contribution < 1.29 is 19.4 Å². The molecular formula is C15H19NO4S. The molecule has 6 heteroatoms. The van der Waals surface area contributed by atoms with Gasteiger partial charge >= 0.3 is 5.97 Å². The summed E-state index contributed by atoms with van der Waals surface area (Å²) in [7, 11) is 1.60. The molecular weight excluding hydrogens is 290 g/mol. The molecule has 0 radical (unpaired) electrons. The van der Waals surface area contributed by atoms with Gasteiger partial charge in [0.15, 0.2) is 0 Å². The highest BCUT2D eigenvalue weighted by molar-refractivity contribution is 8.00. The number of carbonyl (C=O) groups is 2. The van der Waals surface area contributed by atoms with Crippen LogP contribution in [0.15, 0.2) is 29.2 Å². The van der Waals surface area contributed by atoms with E-state index >= 15 is 0 Å². The summed E-state index contributed by atoms with van der Waals surface area (Å²) in [5, 5.41) is 8.89. The lowest BCUT2D eigenvalue weighted by Gasteiger charge is -2.20. The van der Waals surface area contributed by atoms with Crippen molar-refractivity contribution >= 4 is 23.6 Å². The van der Waals surface area contributed by atoms with Crippen LogP contribution in [-0.2, 0) is 9.59 Å². The van der Waals surface area contributed by atoms with Gasteiger partial charge in [0.05, 0.1) is 12.9 Å². The first-order valence-corrected chi connectivity index (χ1v) is 7.83. The Labute approximate surface area is 128 Å². The first-order valence-electron chi connectivity index (χ1n) is 6.85. The smallest absolute Gasteiger partial charge is 0.323 e. The van der Waals surface area contributed by atoms with Crippen LogP contribution >= 0.6 is 11.8 Å². The van der Waals surface area contributed by atoms with Crippen LogP contribution < -0.4 is 4.74 Å². The summed E-state index contributed by atoms with van der Waals surface area (Å²) in [6.45, 7) is 0.354. The van der Waals surface area contributed by atoms with Gasteiger partial charge in [0.2, 0.25) is 5.91 Å². The van der Waals surface area contributed by atoms with E-state index < -0.39 is 5.97 Å². The van der Waals surface area contributed by atoms with Gasteiger partial charge in [-0.15, -0.1) is 11.8 Å². The van der Waals surface area contributed by atoms with Gasteiger partial charge in [-0.25, -0.2) is 0 Å². The van der Waals surface area contributed by atoms with Gasteiger partial charge in [0.1, 0.15) is 12.3 Å². The molecule has 1 fully saturated rings. The Morgan fingerprint density at radius 3 is 2.52 bits per heavy atom. The minimum Gasteiger partial charge on any atom is -0.497 e. The number of hydrogen-bond acceptors (Lipinski definition) is 4. The number of rotatable bonds is 8. The van der Waals surface area contributed by atoms with E-state index in [1.54, 1.807) is 7.11 Å². The molecule has 1 saturated carbocycles. The van der Waals surface area contributed by atoms with Crippen molar-refractivity contribution in [3.63, 3.8) is 0 Å². The summed E-state index contributed by atoms with van der Waals surface area (Å²) < 4.78 is 5.08. The SMILES string of the molecule is COc1ccc(SCC(=O)N(CC(=O)O)CC2CC2)cc1. The van der Waals surface area contributed by atoms with E-state index in [1.807, 2.05) is 24.3 Å². The molecule has 1 aromatic rings.